The van der Waals surface area contributed by atoms with Gasteiger partial charge in [-0.05, 0) is 99.7 Å². The first-order chi connectivity index (χ1) is 22.7. The van der Waals surface area contributed by atoms with Gasteiger partial charge in [-0.1, -0.05) is 84.9 Å². The van der Waals surface area contributed by atoms with E-state index in [1.165, 1.54) is 5.57 Å². The van der Waals surface area contributed by atoms with Gasteiger partial charge in [-0.3, -0.25) is 0 Å². The molecule has 7 nitrogen and oxygen atoms in total. The molecule has 4 rings (SSSR count). The van der Waals surface area contributed by atoms with Crippen LogP contribution < -0.4 is 4.74 Å². The zero-order valence-electron chi connectivity index (χ0n) is 32.3. The quantitative estimate of drug-likeness (QED) is 0.168. The van der Waals surface area contributed by atoms with Crippen LogP contribution in [0, 0.1) is 41.4 Å². The lowest BCUT2D eigenvalue weighted by Crippen LogP contribution is -2.58. The van der Waals surface area contributed by atoms with Gasteiger partial charge in [0, 0.05) is 17.8 Å². The number of fused-ring (bicyclic) bond motifs is 1. The Balaban J connectivity index is 1.68. The maximum atomic E-state index is 13.9. The van der Waals surface area contributed by atoms with Gasteiger partial charge in [-0.15, -0.1) is 0 Å². The van der Waals surface area contributed by atoms with E-state index in [0.717, 1.165) is 12.0 Å². The molecule has 3 aliphatic rings. The molecule has 0 N–H and O–H groups in total. The number of hydrogen-bond donors (Lipinski definition) is 0. The van der Waals surface area contributed by atoms with Crippen LogP contribution in [0.4, 0.5) is 0 Å². The second-order valence-electron chi connectivity index (χ2n) is 17.2. The van der Waals surface area contributed by atoms with E-state index in [4.69, 9.17) is 23.1 Å². The van der Waals surface area contributed by atoms with Crippen LogP contribution in [0.2, 0.25) is 26.2 Å². The molecule has 1 saturated heterocycles. The summed E-state index contributed by atoms with van der Waals surface area (Å²) in [4.78, 5) is 27.3. The van der Waals surface area contributed by atoms with Crippen molar-refractivity contribution < 1.29 is 32.7 Å². The van der Waals surface area contributed by atoms with Gasteiger partial charge in [0.25, 0.3) is 0 Å². The van der Waals surface area contributed by atoms with E-state index < -0.39 is 42.0 Å². The van der Waals surface area contributed by atoms with E-state index in [9.17, 15) is 9.59 Å². The van der Waals surface area contributed by atoms with Gasteiger partial charge < -0.3 is 23.1 Å². The fraction of sp³-hybridized carbons (Fsp3) is 0.700. The average Bonchev–Trinajstić information content (AvgIpc) is 2.98. The van der Waals surface area contributed by atoms with Gasteiger partial charge in [-0.25, -0.2) is 9.59 Å². The lowest BCUT2D eigenvalue weighted by atomic mass is 9.59. The van der Waals surface area contributed by atoms with E-state index >= 15 is 0 Å². The summed E-state index contributed by atoms with van der Waals surface area (Å²) in [6.45, 7) is 27.8. The first kappa shape index (κ1) is 39.6. The number of cyclic esters (lactones) is 1. The normalized spacial score (nSPS) is 31.2. The minimum Gasteiger partial charge on any atom is -0.479 e. The zero-order chi connectivity index (χ0) is 36.5. The van der Waals surface area contributed by atoms with Crippen LogP contribution in [0.1, 0.15) is 86.6 Å². The van der Waals surface area contributed by atoms with Crippen LogP contribution in [-0.2, 0) is 27.9 Å². The predicted octanol–water partition coefficient (Wildman–Crippen LogP) is 8.89. The molecule has 1 aromatic carbocycles. The van der Waals surface area contributed by atoms with Crippen LogP contribution in [0.15, 0.2) is 48.1 Å². The van der Waals surface area contributed by atoms with Crippen molar-refractivity contribution in [2.24, 2.45) is 34.5 Å². The number of hydrogen-bond acceptors (Lipinski definition) is 7. The standard InChI is InChI=1S/C40H62O7Si2/c1-25-16-14-15-17-32(25)43-27(3)36(41)45-33-23-29(38(4,5)6)22-28-19-18-26(2)40(34(28)33,47-49(12)13)21-20-30-24-31(39(7,8)9)35(37(42)44-30)46-48(10)11/h14-19,22,26-27,29-31,33-35H,20-21,23-24H2,1-13H3/t26-,27?,29+,30+,31-,33-,34+,35?,40-/m0/s1. The summed E-state index contributed by atoms with van der Waals surface area (Å²) in [6, 6.07) is 7.73. The van der Waals surface area contributed by atoms with Crippen LogP contribution in [0.3, 0.4) is 0 Å². The fourth-order valence-corrected chi connectivity index (χ4v) is 9.87. The average molecular weight is 711 g/mol. The number of para-hydroxylation sites is 1. The number of carbonyl (C=O) groups excluding carboxylic acids is 2. The van der Waals surface area contributed by atoms with Crippen LogP contribution in [0.5, 0.6) is 5.75 Å². The van der Waals surface area contributed by atoms with E-state index in [1.54, 1.807) is 6.92 Å². The number of esters is 2. The Morgan fingerprint density at radius 1 is 1.02 bits per heavy atom. The van der Waals surface area contributed by atoms with Crippen molar-refractivity contribution in [1.82, 2.24) is 0 Å². The Morgan fingerprint density at radius 2 is 1.69 bits per heavy atom. The van der Waals surface area contributed by atoms with Crippen molar-refractivity contribution in [3.05, 3.63) is 53.6 Å². The molecule has 1 heterocycles. The van der Waals surface area contributed by atoms with Gasteiger partial charge in [0.15, 0.2) is 6.10 Å². The molecule has 0 spiro atoms. The summed E-state index contributed by atoms with van der Waals surface area (Å²) in [7, 11) is -2.28. The topological polar surface area (TPSA) is 80.3 Å². The molecule has 0 aromatic heterocycles. The van der Waals surface area contributed by atoms with E-state index in [1.807, 2.05) is 31.2 Å². The Hall–Kier alpha value is -2.21. The molecule has 0 bridgehead atoms. The summed E-state index contributed by atoms with van der Waals surface area (Å²) in [6.07, 6.45) is 7.72. The molecule has 272 valence electrons. The van der Waals surface area contributed by atoms with Crippen molar-refractivity contribution in [1.29, 1.82) is 0 Å². The highest BCUT2D eigenvalue weighted by atomic mass is 28.3. The molecule has 2 radical (unpaired) electrons. The highest BCUT2D eigenvalue weighted by molar-refractivity contribution is 6.49. The van der Waals surface area contributed by atoms with E-state index in [0.29, 0.717) is 25.0 Å². The third-order valence-corrected chi connectivity index (χ3v) is 12.2. The third kappa shape index (κ3) is 9.37. The lowest BCUT2D eigenvalue weighted by Gasteiger charge is -2.54. The first-order valence-electron chi connectivity index (χ1n) is 18.2. The predicted molar refractivity (Wildman–Crippen MR) is 199 cm³/mol. The van der Waals surface area contributed by atoms with E-state index in [-0.39, 0.29) is 52.5 Å². The molecule has 1 aliphatic heterocycles. The Kier molecular flexibility index (Phi) is 12.6. The Labute approximate surface area is 300 Å². The zero-order valence-corrected chi connectivity index (χ0v) is 34.3. The van der Waals surface area contributed by atoms with Crippen molar-refractivity contribution in [2.75, 3.05) is 0 Å². The number of allylic oxidation sites excluding steroid dienone is 2. The molecule has 1 fully saturated rings. The molecule has 49 heavy (non-hydrogen) atoms. The Morgan fingerprint density at radius 3 is 2.29 bits per heavy atom. The van der Waals surface area contributed by atoms with Crippen molar-refractivity contribution in [3.8, 4) is 5.75 Å². The number of benzene rings is 1. The molecule has 1 aromatic rings. The summed E-state index contributed by atoms with van der Waals surface area (Å²) in [5.41, 5.74) is 1.37. The number of carbonyl (C=O) groups is 2. The van der Waals surface area contributed by atoms with Crippen LogP contribution in [-0.4, -0.2) is 60.0 Å². The monoisotopic (exact) mass is 710 g/mol. The largest absolute Gasteiger partial charge is 0.479 e. The van der Waals surface area contributed by atoms with Gasteiger partial charge in [0.05, 0.1) is 5.60 Å². The van der Waals surface area contributed by atoms with Gasteiger partial charge >= 0.3 is 11.9 Å². The second kappa shape index (κ2) is 15.6. The molecule has 9 atom stereocenters. The van der Waals surface area contributed by atoms with E-state index in [2.05, 4.69) is 92.9 Å². The molecule has 9 heteroatoms. The van der Waals surface area contributed by atoms with Gasteiger partial charge in [0.1, 0.15) is 24.1 Å². The molecule has 0 saturated carbocycles. The second-order valence-corrected chi connectivity index (χ2v) is 21.3. The highest BCUT2D eigenvalue weighted by Crippen LogP contribution is 2.53. The number of ether oxygens (including phenoxy) is 3. The molecule has 0 amide bonds. The summed E-state index contributed by atoms with van der Waals surface area (Å²) >= 11 is 0. The minimum absolute atomic E-state index is 0.0221. The molecule has 2 unspecified atom stereocenters. The van der Waals surface area contributed by atoms with Crippen LogP contribution >= 0.6 is 0 Å². The Bertz CT molecular complexity index is 1370. The van der Waals surface area contributed by atoms with Crippen LogP contribution in [0.25, 0.3) is 0 Å². The highest BCUT2D eigenvalue weighted by Gasteiger charge is 2.55. The maximum absolute atomic E-state index is 13.9. The number of aryl methyl sites for hydroxylation is 1. The van der Waals surface area contributed by atoms with Crippen molar-refractivity contribution in [2.45, 2.75) is 144 Å². The minimum atomic E-state index is -1.20. The molecular weight excluding hydrogens is 649 g/mol. The molecular formula is C40H62O7Si2. The molecule has 2 aliphatic carbocycles. The maximum Gasteiger partial charge on any atom is 0.347 e. The smallest absolute Gasteiger partial charge is 0.347 e. The van der Waals surface area contributed by atoms with Gasteiger partial charge in [-0.2, -0.15) is 0 Å². The number of rotatable bonds is 11. The first-order valence-corrected chi connectivity index (χ1v) is 23.0. The third-order valence-electron chi connectivity index (χ3n) is 10.7. The SMILES string of the molecule is Cc1ccccc1OC(C)C(=O)O[C@H]1C[C@H](C(C)(C)C)C=C2C=C[C@H](C)[C@](CC[C@@H]3C[C@H](C(C)(C)C)C(O[Si](C)C)C(=O)O3)(O[Si](C)C)[C@H]21. The summed E-state index contributed by atoms with van der Waals surface area (Å²) in [5, 5.41) is 0. The summed E-state index contributed by atoms with van der Waals surface area (Å²) < 4.78 is 32.3. The lowest BCUT2D eigenvalue weighted by molar-refractivity contribution is -0.180. The van der Waals surface area contributed by atoms with Crippen molar-refractivity contribution >= 4 is 30.0 Å². The van der Waals surface area contributed by atoms with Crippen molar-refractivity contribution in [3.63, 3.8) is 0 Å². The fourth-order valence-electron chi connectivity index (χ4n) is 7.93. The summed E-state index contributed by atoms with van der Waals surface area (Å²) in [5.74, 6) is 0.215. The van der Waals surface area contributed by atoms with Gasteiger partial charge in [0.2, 0.25) is 18.1 Å².